The van der Waals surface area contributed by atoms with Crippen molar-refractivity contribution in [3.05, 3.63) is 16.9 Å². The van der Waals surface area contributed by atoms with Gasteiger partial charge in [0.25, 0.3) is 0 Å². The number of carbonyl (C=O) groups excluding carboxylic acids is 1. The Labute approximate surface area is 134 Å². The monoisotopic (exact) mass is 333 g/mol. The fourth-order valence-electron chi connectivity index (χ4n) is 2.87. The van der Waals surface area contributed by atoms with E-state index in [2.05, 4.69) is 5.10 Å². The molecule has 0 aliphatic heterocycles. The van der Waals surface area contributed by atoms with Crippen LogP contribution in [-0.2, 0) is 18.4 Å². The van der Waals surface area contributed by atoms with Gasteiger partial charge in [-0.05, 0) is 12.8 Å². The number of aryl methyl sites for hydroxylation is 1. The zero-order chi connectivity index (χ0) is 15.4. The number of alkyl halides is 1. The van der Waals surface area contributed by atoms with E-state index in [9.17, 15) is 9.90 Å². The van der Waals surface area contributed by atoms with Gasteiger partial charge in [-0.1, -0.05) is 30.9 Å². The van der Waals surface area contributed by atoms with Crippen LogP contribution in [0.2, 0.25) is 5.02 Å². The molecule has 1 N–H and O–H groups in total. The third kappa shape index (κ3) is 4.11. The molecule has 1 amide bonds. The van der Waals surface area contributed by atoms with Crippen LogP contribution in [0.4, 0.5) is 0 Å². The molecule has 21 heavy (non-hydrogen) atoms. The molecule has 0 aromatic carbocycles. The topological polar surface area (TPSA) is 58.4 Å². The third-order valence-corrected chi connectivity index (χ3v) is 4.50. The summed E-state index contributed by atoms with van der Waals surface area (Å²) < 4.78 is 1.62. The molecule has 0 saturated heterocycles. The predicted molar refractivity (Wildman–Crippen MR) is 82.4 cm³/mol. The molecule has 1 fully saturated rings. The highest BCUT2D eigenvalue weighted by Gasteiger charge is 2.31. The minimum absolute atomic E-state index is 0.103. The minimum atomic E-state index is -0.512. The maximum Gasteiger partial charge on any atom is 0.238 e. The summed E-state index contributed by atoms with van der Waals surface area (Å²) >= 11 is 11.9. The van der Waals surface area contributed by atoms with Crippen molar-refractivity contribution in [2.45, 2.75) is 50.8 Å². The van der Waals surface area contributed by atoms with Gasteiger partial charge in [0.15, 0.2) is 0 Å². The summed E-state index contributed by atoms with van der Waals surface area (Å²) in [7, 11) is 1.78. The van der Waals surface area contributed by atoms with Crippen molar-refractivity contribution in [2.24, 2.45) is 7.05 Å². The van der Waals surface area contributed by atoms with Gasteiger partial charge in [-0.25, -0.2) is 0 Å². The number of aliphatic hydroxyl groups excluding tert-OH is 1. The molecule has 7 heteroatoms. The first kappa shape index (κ1) is 16.6. The lowest BCUT2D eigenvalue weighted by atomic mass is 10.0. The summed E-state index contributed by atoms with van der Waals surface area (Å²) in [6, 6.07) is -0.211. The molecular weight excluding hydrogens is 313 g/mol. The summed E-state index contributed by atoms with van der Waals surface area (Å²) in [6.45, 7) is 0.285. The Hall–Kier alpha value is -0.780. The number of nitrogens with zero attached hydrogens (tertiary/aromatic N) is 3. The first-order chi connectivity index (χ1) is 10.0. The van der Waals surface area contributed by atoms with Crippen LogP contribution >= 0.6 is 23.2 Å². The lowest BCUT2D eigenvalue weighted by Gasteiger charge is -2.33. The summed E-state index contributed by atoms with van der Waals surface area (Å²) in [5.74, 6) is -0.294. The number of hydrogen-bond donors (Lipinski definition) is 1. The lowest BCUT2D eigenvalue weighted by Crippen LogP contribution is -2.46. The van der Waals surface area contributed by atoms with E-state index in [1.54, 1.807) is 22.8 Å². The summed E-state index contributed by atoms with van der Waals surface area (Å²) in [5.41, 5.74) is 0.633. The molecule has 5 nitrogen and oxygen atoms in total. The maximum absolute atomic E-state index is 12.2. The first-order valence-corrected chi connectivity index (χ1v) is 8.15. The molecule has 0 spiro atoms. The smallest absolute Gasteiger partial charge is 0.238 e. The van der Waals surface area contributed by atoms with Crippen LogP contribution in [0.5, 0.6) is 0 Å². The third-order valence-electron chi connectivity index (χ3n) is 3.95. The van der Waals surface area contributed by atoms with Gasteiger partial charge in [0.2, 0.25) is 5.91 Å². The van der Waals surface area contributed by atoms with Crippen LogP contribution in [0.3, 0.4) is 0 Å². The normalized spacial score (nSPS) is 22.9. The molecule has 0 radical (unpaired) electrons. The molecule has 1 saturated carbocycles. The Morgan fingerprint density at radius 2 is 2.19 bits per heavy atom. The average Bonchev–Trinajstić information content (AvgIpc) is 2.63. The molecule has 0 unspecified atom stereocenters. The number of amides is 1. The Bertz CT molecular complexity index is 493. The summed E-state index contributed by atoms with van der Waals surface area (Å²) in [5, 5.41) is 15.1. The first-order valence-electron chi connectivity index (χ1n) is 7.24. The van der Waals surface area contributed by atoms with Gasteiger partial charge in [-0.2, -0.15) is 5.10 Å². The highest BCUT2D eigenvalue weighted by Crippen LogP contribution is 2.25. The second-order valence-corrected chi connectivity index (χ2v) is 6.20. The van der Waals surface area contributed by atoms with Gasteiger partial charge in [0, 0.05) is 13.2 Å². The van der Waals surface area contributed by atoms with E-state index in [1.165, 1.54) is 0 Å². The van der Waals surface area contributed by atoms with Crippen molar-refractivity contribution in [1.29, 1.82) is 0 Å². The van der Waals surface area contributed by atoms with Crippen molar-refractivity contribution in [3.8, 4) is 0 Å². The SMILES string of the molecule is Cn1cc(Cl)c(CN(C(=O)CCl)[C@@H]2CCCCC[C@H]2O)n1. The lowest BCUT2D eigenvalue weighted by molar-refractivity contribution is -0.134. The summed E-state index contributed by atoms with van der Waals surface area (Å²) in [4.78, 5) is 13.8. The number of halogens is 2. The number of carbonyl (C=O) groups is 1. The second-order valence-electron chi connectivity index (χ2n) is 5.53. The van der Waals surface area contributed by atoms with Crippen LogP contribution in [0.15, 0.2) is 6.20 Å². The van der Waals surface area contributed by atoms with Gasteiger partial charge in [0.1, 0.15) is 11.6 Å². The number of aromatic nitrogens is 2. The minimum Gasteiger partial charge on any atom is -0.391 e. The highest BCUT2D eigenvalue weighted by atomic mass is 35.5. The van der Waals surface area contributed by atoms with Gasteiger partial charge in [-0.15, -0.1) is 11.6 Å². The van der Waals surface area contributed by atoms with E-state index >= 15 is 0 Å². The van der Waals surface area contributed by atoms with Crippen molar-refractivity contribution < 1.29 is 9.90 Å². The molecule has 118 valence electrons. The number of hydrogen-bond acceptors (Lipinski definition) is 3. The van der Waals surface area contributed by atoms with E-state index < -0.39 is 6.10 Å². The standard InChI is InChI=1S/C14H21Cl2N3O2/c1-18-8-10(16)11(17-18)9-19(14(21)7-15)12-5-3-2-4-6-13(12)20/h8,12-13,20H,2-7,9H2,1H3/t12-,13-/m1/s1. The molecular formula is C14H21Cl2N3O2. The Balaban J connectivity index is 2.21. The van der Waals surface area contributed by atoms with Crippen molar-refractivity contribution in [1.82, 2.24) is 14.7 Å². The van der Waals surface area contributed by atoms with E-state index in [4.69, 9.17) is 23.2 Å². The van der Waals surface area contributed by atoms with Crippen LogP contribution in [0.1, 0.15) is 37.8 Å². The summed E-state index contributed by atoms with van der Waals surface area (Å²) in [6.07, 6.45) is 5.77. The van der Waals surface area contributed by atoms with Gasteiger partial charge in [0.05, 0.1) is 23.7 Å². The quantitative estimate of drug-likeness (QED) is 0.679. The highest BCUT2D eigenvalue weighted by molar-refractivity contribution is 6.31. The number of aliphatic hydroxyl groups is 1. The Kier molecular flexibility index (Phi) is 5.90. The average molecular weight is 334 g/mol. The largest absolute Gasteiger partial charge is 0.391 e. The van der Waals surface area contributed by atoms with Crippen molar-refractivity contribution in [2.75, 3.05) is 5.88 Å². The molecule has 1 aromatic rings. The van der Waals surface area contributed by atoms with Crippen LogP contribution in [0.25, 0.3) is 0 Å². The predicted octanol–water partition coefficient (Wildman–Crippen LogP) is 2.33. The number of rotatable bonds is 4. The van der Waals surface area contributed by atoms with E-state index in [1.807, 2.05) is 0 Å². The van der Waals surface area contributed by atoms with Gasteiger partial charge >= 0.3 is 0 Å². The van der Waals surface area contributed by atoms with E-state index in [-0.39, 0.29) is 24.4 Å². The van der Waals surface area contributed by atoms with Crippen LogP contribution in [-0.4, -0.2) is 43.7 Å². The molecule has 1 aromatic heterocycles. The zero-order valence-electron chi connectivity index (χ0n) is 12.1. The molecule has 1 aliphatic carbocycles. The van der Waals surface area contributed by atoms with Gasteiger partial charge < -0.3 is 10.0 Å². The van der Waals surface area contributed by atoms with Crippen LogP contribution < -0.4 is 0 Å². The fourth-order valence-corrected chi connectivity index (χ4v) is 3.27. The second kappa shape index (κ2) is 7.47. The molecule has 2 atom stereocenters. The van der Waals surface area contributed by atoms with Gasteiger partial charge in [-0.3, -0.25) is 9.48 Å². The maximum atomic E-state index is 12.2. The Morgan fingerprint density at radius 3 is 2.81 bits per heavy atom. The Morgan fingerprint density at radius 1 is 1.48 bits per heavy atom. The zero-order valence-corrected chi connectivity index (χ0v) is 13.6. The van der Waals surface area contributed by atoms with Crippen LogP contribution in [0, 0.1) is 0 Å². The fraction of sp³-hybridized carbons (Fsp3) is 0.714. The molecule has 0 bridgehead atoms. The molecule has 1 heterocycles. The van der Waals surface area contributed by atoms with E-state index in [0.717, 1.165) is 25.7 Å². The van der Waals surface area contributed by atoms with E-state index in [0.29, 0.717) is 17.1 Å². The molecule has 1 aliphatic rings. The molecule has 2 rings (SSSR count). The van der Waals surface area contributed by atoms with Crippen molar-refractivity contribution >= 4 is 29.1 Å². The van der Waals surface area contributed by atoms with Crippen molar-refractivity contribution in [3.63, 3.8) is 0 Å².